The molecule has 0 aliphatic heterocycles. The highest BCUT2D eigenvalue weighted by Crippen LogP contribution is 2.17. The molecule has 5 nitrogen and oxygen atoms in total. The average Bonchev–Trinajstić information content (AvgIpc) is 2.43. The largest absolute Gasteiger partial charge is 0.409 e. The first-order chi connectivity index (χ1) is 9.01. The summed E-state index contributed by atoms with van der Waals surface area (Å²) in [7, 11) is 0. The van der Waals surface area contributed by atoms with Gasteiger partial charge in [0.25, 0.3) is 5.91 Å². The topological polar surface area (TPSA) is 78.9 Å². The highest BCUT2D eigenvalue weighted by Gasteiger charge is 2.20. The van der Waals surface area contributed by atoms with Crippen LogP contribution in [-0.2, 0) is 0 Å². The van der Waals surface area contributed by atoms with Gasteiger partial charge in [-0.15, -0.1) is 0 Å². The number of amides is 1. The average molecular weight is 284 g/mol. The molecule has 19 heavy (non-hydrogen) atoms. The third kappa shape index (κ3) is 3.86. The quantitative estimate of drug-likeness (QED) is 0.376. The summed E-state index contributed by atoms with van der Waals surface area (Å²) in [5, 5.41) is 12.0. The fourth-order valence-electron chi connectivity index (χ4n) is 1.68. The lowest BCUT2D eigenvalue weighted by atomic mass is 10.1. The van der Waals surface area contributed by atoms with Crippen LogP contribution in [0, 0.1) is 5.92 Å². The number of nitrogens with zero attached hydrogens (tertiary/aromatic N) is 2. The minimum atomic E-state index is -0.226. The molecule has 0 aliphatic carbocycles. The number of halogens is 1. The molecule has 1 aromatic carbocycles. The van der Waals surface area contributed by atoms with Crippen molar-refractivity contribution in [3.63, 3.8) is 0 Å². The SMILES string of the molecule is CCN(CC(C)C(N)=NO)C(=O)c1ccccc1Cl. The van der Waals surface area contributed by atoms with Crippen LogP contribution in [0.4, 0.5) is 0 Å². The molecule has 0 bridgehead atoms. The van der Waals surface area contributed by atoms with Gasteiger partial charge in [0.2, 0.25) is 0 Å². The first-order valence-corrected chi connectivity index (χ1v) is 6.40. The summed E-state index contributed by atoms with van der Waals surface area (Å²) in [5.74, 6) is -0.285. The lowest BCUT2D eigenvalue weighted by Crippen LogP contribution is -2.38. The highest BCUT2D eigenvalue weighted by atomic mass is 35.5. The van der Waals surface area contributed by atoms with E-state index in [1.807, 2.05) is 6.92 Å². The molecule has 3 N–H and O–H groups in total. The van der Waals surface area contributed by atoms with Gasteiger partial charge < -0.3 is 15.8 Å². The van der Waals surface area contributed by atoms with Crippen LogP contribution in [0.3, 0.4) is 0 Å². The molecule has 0 radical (unpaired) electrons. The molecule has 0 aliphatic rings. The van der Waals surface area contributed by atoms with Gasteiger partial charge in [0.05, 0.1) is 10.6 Å². The number of rotatable bonds is 5. The van der Waals surface area contributed by atoms with Gasteiger partial charge in [0.1, 0.15) is 5.84 Å². The maximum absolute atomic E-state index is 12.3. The van der Waals surface area contributed by atoms with Crippen LogP contribution in [0.15, 0.2) is 29.4 Å². The van der Waals surface area contributed by atoms with E-state index in [0.29, 0.717) is 23.7 Å². The predicted molar refractivity (Wildman–Crippen MR) is 75.6 cm³/mol. The van der Waals surface area contributed by atoms with Crippen LogP contribution in [0.25, 0.3) is 0 Å². The lowest BCUT2D eigenvalue weighted by molar-refractivity contribution is 0.0754. The van der Waals surface area contributed by atoms with E-state index in [-0.39, 0.29) is 17.7 Å². The van der Waals surface area contributed by atoms with Crippen molar-refractivity contribution in [2.24, 2.45) is 16.8 Å². The van der Waals surface area contributed by atoms with E-state index in [1.165, 1.54) is 0 Å². The summed E-state index contributed by atoms with van der Waals surface area (Å²) in [4.78, 5) is 14.0. The maximum atomic E-state index is 12.3. The van der Waals surface area contributed by atoms with Gasteiger partial charge in [-0.1, -0.05) is 35.8 Å². The number of oxime groups is 1. The van der Waals surface area contributed by atoms with Crippen molar-refractivity contribution in [1.29, 1.82) is 0 Å². The Labute approximate surface area is 117 Å². The normalized spacial score (nSPS) is 13.1. The van der Waals surface area contributed by atoms with Gasteiger partial charge in [0.15, 0.2) is 0 Å². The molecular weight excluding hydrogens is 266 g/mol. The maximum Gasteiger partial charge on any atom is 0.255 e. The Morgan fingerprint density at radius 1 is 1.53 bits per heavy atom. The molecule has 0 saturated carbocycles. The van der Waals surface area contributed by atoms with Gasteiger partial charge in [-0.25, -0.2) is 0 Å². The van der Waals surface area contributed by atoms with Crippen LogP contribution in [0.2, 0.25) is 5.02 Å². The Bertz CT molecular complexity index is 477. The van der Waals surface area contributed by atoms with Crippen molar-refractivity contribution in [3.05, 3.63) is 34.9 Å². The zero-order valence-electron chi connectivity index (χ0n) is 11.0. The van der Waals surface area contributed by atoms with E-state index in [2.05, 4.69) is 5.16 Å². The Kier molecular flexibility index (Phi) is 5.63. The van der Waals surface area contributed by atoms with Gasteiger partial charge in [-0.3, -0.25) is 4.79 Å². The van der Waals surface area contributed by atoms with Crippen molar-refractivity contribution < 1.29 is 10.0 Å². The van der Waals surface area contributed by atoms with Crippen LogP contribution >= 0.6 is 11.6 Å². The van der Waals surface area contributed by atoms with Gasteiger partial charge in [-0.2, -0.15) is 0 Å². The van der Waals surface area contributed by atoms with E-state index in [9.17, 15) is 4.79 Å². The zero-order valence-corrected chi connectivity index (χ0v) is 11.8. The Hall–Kier alpha value is -1.75. The van der Waals surface area contributed by atoms with Gasteiger partial charge in [-0.05, 0) is 19.1 Å². The number of nitrogens with two attached hydrogens (primary N) is 1. The second kappa shape index (κ2) is 6.99. The third-order valence-corrected chi connectivity index (χ3v) is 3.22. The smallest absolute Gasteiger partial charge is 0.255 e. The standard InChI is InChI=1S/C13H18ClN3O2/c1-3-17(8-9(2)12(15)16-19)13(18)10-6-4-5-7-11(10)14/h4-7,9,19H,3,8H2,1-2H3,(H2,15,16). The first kappa shape index (κ1) is 15.3. The summed E-state index contributed by atoms with van der Waals surface area (Å²) in [6, 6.07) is 6.89. The number of benzene rings is 1. The summed E-state index contributed by atoms with van der Waals surface area (Å²) < 4.78 is 0. The number of hydrogen-bond donors (Lipinski definition) is 2. The third-order valence-electron chi connectivity index (χ3n) is 2.89. The van der Waals surface area contributed by atoms with Crippen LogP contribution in [0.1, 0.15) is 24.2 Å². The predicted octanol–water partition coefficient (Wildman–Crippen LogP) is 2.18. The zero-order chi connectivity index (χ0) is 14.4. The number of carbonyl (C=O) groups is 1. The lowest BCUT2D eigenvalue weighted by Gasteiger charge is -2.24. The summed E-state index contributed by atoms with van der Waals surface area (Å²) in [6.07, 6.45) is 0. The van der Waals surface area contributed by atoms with Crippen LogP contribution in [0.5, 0.6) is 0 Å². The summed E-state index contributed by atoms with van der Waals surface area (Å²) >= 11 is 6.01. The number of amidine groups is 1. The van der Waals surface area contributed by atoms with Crippen molar-refractivity contribution in [1.82, 2.24) is 4.90 Å². The van der Waals surface area contributed by atoms with E-state index in [4.69, 9.17) is 22.5 Å². The van der Waals surface area contributed by atoms with Crippen molar-refractivity contribution in [3.8, 4) is 0 Å². The monoisotopic (exact) mass is 283 g/mol. The molecule has 104 valence electrons. The fourth-order valence-corrected chi connectivity index (χ4v) is 1.90. The van der Waals surface area contributed by atoms with Crippen molar-refractivity contribution >= 4 is 23.3 Å². The Balaban J connectivity index is 2.86. The van der Waals surface area contributed by atoms with E-state index in [0.717, 1.165) is 0 Å². The Morgan fingerprint density at radius 3 is 2.68 bits per heavy atom. The molecule has 0 fully saturated rings. The Morgan fingerprint density at radius 2 is 2.16 bits per heavy atom. The molecule has 6 heteroatoms. The van der Waals surface area contributed by atoms with Crippen molar-refractivity contribution in [2.75, 3.05) is 13.1 Å². The molecule has 0 aromatic heterocycles. The molecule has 0 spiro atoms. The van der Waals surface area contributed by atoms with E-state index in [1.54, 1.807) is 36.1 Å². The van der Waals surface area contributed by atoms with Gasteiger partial charge >= 0.3 is 0 Å². The molecule has 1 amide bonds. The number of hydrogen-bond acceptors (Lipinski definition) is 3. The second-order valence-corrected chi connectivity index (χ2v) is 4.66. The van der Waals surface area contributed by atoms with E-state index >= 15 is 0 Å². The van der Waals surface area contributed by atoms with Crippen molar-refractivity contribution in [2.45, 2.75) is 13.8 Å². The van der Waals surface area contributed by atoms with E-state index < -0.39 is 0 Å². The van der Waals surface area contributed by atoms with Crippen LogP contribution < -0.4 is 5.73 Å². The molecule has 0 saturated heterocycles. The molecule has 1 rings (SSSR count). The molecule has 1 unspecified atom stereocenters. The number of carbonyl (C=O) groups excluding carboxylic acids is 1. The highest BCUT2D eigenvalue weighted by molar-refractivity contribution is 6.33. The first-order valence-electron chi connectivity index (χ1n) is 6.02. The molecule has 1 atom stereocenters. The fraction of sp³-hybridized carbons (Fsp3) is 0.385. The van der Waals surface area contributed by atoms with Gasteiger partial charge in [0, 0.05) is 19.0 Å². The summed E-state index contributed by atoms with van der Waals surface area (Å²) in [6.45, 7) is 4.55. The van der Waals surface area contributed by atoms with Crippen LogP contribution in [-0.4, -0.2) is 34.9 Å². The minimum absolute atomic E-state index is 0.102. The molecular formula is C13H18ClN3O2. The molecule has 1 aromatic rings. The second-order valence-electron chi connectivity index (χ2n) is 4.25. The minimum Gasteiger partial charge on any atom is -0.409 e. The summed E-state index contributed by atoms with van der Waals surface area (Å²) in [5.41, 5.74) is 5.98. The molecule has 0 heterocycles.